The quantitative estimate of drug-likeness (QED) is 0.577. The van der Waals surface area contributed by atoms with Gasteiger partial charge in [-0.3, -0.25) is 4.79 Å². The summed E-state index contributed by atoms with van der Waals surface area (Å²) >= 11 is 0. The monoisotopic (exact) mass is 250 g/mol. The van der Waals surface area contributed by atoms with E-state index >= 15 is 0 Å². The molecule has 8 heteroatoms. The zero-order valence-corrected chi connectivity index (χ0v) is 9.36. The highest BCUT2D eigenvalue weighted by Crippen LogP contribution is 2.10. The van der Waals surface area contributed by atoms with E-state index in [4.69, 9.17) is 10.8 Å². The van der Waals surface area contributed by atoms with Crippen LogP contribution in [0.1, 0.15) is 6.92 Å². The van der Waals surface area contributed by atoms with Crippen molar-refractivity contribution in [1.29, 1.82) is 0 Å². The molecule has 2 heterocycles. The van der Waals surface area contributed by atoms with E-state index in [-0.39, 0.29) is 10.9 Å². The first-order valence-electron chi connectivity index (χ1n) is 4.94. The van der Waals surface area contributed by atoms with Crippen molar-refractivity contribution in [2.45, 2.75) is 12.5 Å². The Morgan fingerprint density at radius 3 is 2.78 bits per heavy atom. The molecular weight excluding hydrogens is 240 g/mol. The largest absolute Gasteiger partial charge is 0.509 e. The molecule has 1 atom stereocenters. The summed E-state index contributed by atoms with van der Waals surface area (Å²) in [6.45, 7) is 1.09. The average molecular weight is 250 g/mol. The van der Waals surface area contributed by atoms with Crippen LogP contribution in [0, 0.1) is 0 Å². The minimum atomic E-state index is -2.08. The summed E-state index contributed by atoms with van der Waals surface area (Å²) in [6, 6.07) is 1.14. The number of rotatable bonds is 2. The topological polar surface area (TPSA) is 131 Å². The van der Waals surface area contributed by atoms with Crippen LogP contribution in [-0.4, -0.2) is 36.3 Å². The van der Waals surface area contributed by atoms with Crippen molar-refractivity contribution in [3.05, 3.63) is 34.0 Å². The molecule has 0 bridgehead atoms. The molecule has 2 aromatic heterocycles. The lowest BCUT2D eigenvalue weighted by Crippen LogP contribution is -2.50. The fourth-order valence-electron chi connectivity index (χ4n) is 1.45. The van der Waals surface area contributed by atoms with Gasteiger partial charge in [-0.2, -0.15) is 5.10 Å². The number of aliphatic hydroxyl groups is 1. The predicted octanol–water partition coefficient (Wildman–Crippen LogP) is -1.72. The van der Waals surface area contributed by atoms with Crippen LogP contribution in [-0.2, 0) is 4.79 Å². The number of aliphatic hydroxyl groups excluding tert-OH is 1. The van der Waals surface area contributed by atoms with Gasteiger partial charge in [0.1, 0.15) is 17.3 Å². The number of nitrogens with zero attached hydrogens (tertiary/aromatic N) is 3. The number of aromatic nitrogens is 3. The number of carbonyl (C=O) groups is 1. The highest BCUT2D eigenvalue weighted by atomic mass is 16.4. The summed E-state index contributed by atoms with van der Waals surface area (Å²) in [5.41, 5.74) is 2.88. The Morgan fingerprint density at radius 2 is 2.17 bits per heavy atom. The number of nitrogens with two attached hydrogens (primary N) is 1. The Hall–Kier alpha value is -2.48. The smallest absolute Gasteiger partial charge is 0.331 e. The molecule has 94 valence electrons. The first-order valence-corrected chi connectivity index (χ1v) is 4.94. The zero-order chi connectivity index (χ0) is 13.5. The van der Waals surface area contributed by atoms with E-state index in [2.05, 4.69) is 10.1 Å². The van der Waals surface area contributed by atoms with Gasteiger partial charge in [-0.25, -0.2) is 14.3 Å². The fraction of sp³-hybridized carbons (Fsp3) is 0.200. The van der Waals surface area contributed by atoms with E-state index in [1.165, 1.54) is 17.0 Å². The molecule has 0 saturated heterocycles. The number of aliphatic carboxylic acids is 1. The molecule has 4 N–H and O–H groups in total. The number of pyridine rings is 1. The second-order valence-corrected chi connectivity index (χ2v) is 3.94. The standard InChI is InChI=1S/C10H10N4O4/c1-10(11,9(17)18)7(16)6-5(15)2-3-14-8(6)12-4-13-14/h2-4,16H,11H2,1H3,(H,17,18). The molecule has 0 amide bonds. The van der Waals surface area contributed by atoms with E-state index in [0.717, 1.165) is 13.0 Å². The third-order valence-electron chi connectivity index (χ3n) is 2.58. The van der Waals surface area contributed by atoms with E-state index in [1.54, 1.807) is 0 Å². The van der Waals surface area contributed by atoms with Crippen molar-refractivity contribution in [1.82, 2.24) is 14.6 Å². The van der Waals surface area contributed by atoms with Crippen LogP contribution < -0.4 is 16.4 Å². The number of carboxylic acid groups (broad SMARTS) is 1. The van der Waals surface area contributed by atoms with Crippen molar-refractivity contribution in [3.8, 4) is 0 Å². The third-order valence-corrected chi connectivity index (χ3v) is 2.58. The van der Waals surface area contributed by atoms with E-state index < -0.39 is 22.7 Å². The molecular formula is C10H10N4O4. The van der Waals surface area contributed by atoms with E-state index in [9.17, 15) is 14.7 Å². The van der Waals surface area contributed by atoms with Gasteiger partial charge in [-0.1, -0.05) is 0 Å². The van der Waals surface area contributed by atoms with Crippen molar-refractivity contribution in [2.24, 2.45) is 5.73 Å². The summed E-state index contributed by atoms with van der Waals surface area (Å²) in [5, 5.41) is 22.4. The van der Waals surface area contributed by atoms with Crippen molar-refractivity contribution < 1.29 is 15.0 Å². The van der Waals surface area contributed by atoms with Gasteiger partial charge >= 0.3 is 5.97 Å². The Balaban J connectivity index is 2.97. The molecule has 0 aliphatic carbocycles. The van der Waals surface area contributed by atoms with Crippen LogP contribution >= 0.6 is 0 Å². The lowest BCUT2D eigenvalue weighted by Gasteiger charge is -2.17. The Morgan fingerprint density at radius 1 is 1.50 bits per heavy atom. The number of hydrogen-bond acceptors (Lipinski definition) is 6. The molecule has 8 nitrogen and oxygen atoms in total. The Labute approximate surface area is 100.0 Å². The van der Waals surface area contributed by atoms with Crippen LogP contribution in [0.2, 0.25) is 0 Å². The second kappa shape index (κ2) is 3.77. The lowest BCUT2D eigenvalue weighted by atomic mass is 10.00. The maximum atomic E-state index is 11.7. The normalized spacial score (nSPS) is 16.3. The minimum absolute atomic E-state index is 0.0536. The summed E-state index contributed by atoms with van der Waals surface area (Å²) < 4.78 is 1.24. The molecule has 0 aromatic carbocycles. The van der Waals surface area contributed by atoms with Gasteiger partial charge in [0.25, 0.3) is 0 Å². The first-order chi connectivity index (χ1) is 8.35. The van der Waals surface area contributed by atoms with Gasteiger partial charge in [0.2, 0.25) is 0 Å². The van der Waals surface area contributed by atoms with Crippen molar-refractivity contribution in [2.75, 3.05) is 0 Å². The third kappa shape index (κ3) is 1.59. The first kappa shape index (κ1) is 12.0. The van der Waals surface area contributed by atoms with Gasteiger partial charge in [0, 0.05) is 12.3 Å². The lowest BCUT2D eigenvalue weighted by molar-refractivity contribution is -0.141. The van der Waals surface area contributed by atoms with Gasteiger partial charge in [0.05, 0.1) is 0 Å². The molecule has 0 spiro atoms. The molecule has 0 saturated carbocycles. The highest BCUT2D eigenvalue weighted by molar-refractivity contribution is 5.89. The van der Waals surface area contributed by atoms with E-state index in [1.807, 2.05) is 0 Å². The van der Waals surface area contributed by atoms with Crippen LogP contribution in [0.5, 0.6) is 0 Å². The average Bonchev–Trinajstić information content (AvgIpc) is 2.75. The van der Waals surface area contributed by atoms with Gasteiger partial charge in [0.15, 0.2) is 16.6 Å². The molecule has 2 aromatic rings. The summed E-state index contributed by atoms with van der Waals surface area (Å²) in [7, 11) is 0. The second-order valence-electron chi connectivity index (χ2n) is 3.94. The molecule has 2 rings (SSSR count). The summed E-state index contributed by atoms with van der Waals surface area (Å²) in [5.74, 6) is -2.21. The number of hydrogen-bond donors (Lipinski definition) is 3. The van der Waals surface area contributed by atoms with Crippen LogP contribution in [0.15, 0.2) is 23.4 Å². The molecule has 0 fully saturated rings. The number of fused-ring (bicyclic) bond motifs is 1. The van der Waals surface area contributed by atoms with Crippen LogP contribution in [0.25, 0.3) is 11.4 Å². The van der Waals surface area contributed by atoms with Crippen LogP contribution in [0.4, 0.5) is 0 Å². The summed E-state index contributed by atoms with van der Waals surface area (Å²) in [4.78, 5) is 26.5. The Kier molecular flexibility index (Phi) is 2.51. The number of carboxylic acids is 1. The highest BCUT2D eigenvalue weighted by Gasteiger charge is 2.34. The minimum Gasteiger partial charge on any atom is -0.509 e. The molecule has 0 aliphatic rings. The van der Waals surface area contributed by atoms with Gasteiger partial charge < -0.3 is 15.9 Å². The SMILES string of the molecule is CC(N)(C(=O)O)C(O)=c1c(=O)ccn2ncnc12. The predicted molar refractivity (Wildman–Crippen MR) is 60.7 cm³/mol. The van der Waals surface area contributed by atoms with Crippen LogP contribution in [0.3, 0.4) is 0 Å². The summed E-state index contributed by atoms with van der Waals surface area (Å²) in [6.07, 6.45) is 2.54. The molecule has 18 heavy (non-hydrogen) atoms. The van der Waals surface area contributed by atoms with Crippen molar-refractivity contribution >= 4 is 17.4 Å². The molecule has 0 radical (unpaired) electrons. The molecule has 1 unspecified atom stereocenters. The maximum absolute atomic E-state index is 11.7. The Bertz CT molecular complexity index is 734. The molecule has 0 aliphatic heterocycles. The fourth-order valence-corrected chi connectivity index (χ4v) is 1.45. The maximum Gasteiger partial charge on any atom is 0.331 e. The van der Waals surface area contributed by atoms with Crippen molar-refractivity contribution in [3.63, 3.8) is 0 Å². The van der Waals surface area contributed by atoms with Gasteiger partial charge in [-0.05, 0) is 6.92 Å². The van der Waals surface area contributed by atoms with Gasteiger partial charge in [-0.15, -0.1) is 0 Å². The van der Waals surface area contributed by atoms with E-state index in [0.29, 0.717) is 0 Å². The zero-order valence-electron chi connectivity index (χ0n) is 9.36.